The van der Waals surface area contributed by atoms with Crippen molar-refractivity contribution in [2.24, 2.45) is 11.8 Å². The topological polar surface area (TPSA) is 181 Å². The van der Waals surface area contributed by atoms with Crippen LogP contribution in [-0.2, 0) is 30.3 Å². The zero-order valence-corrected chi connectivity index (χ0v) is 24.8. The number of nitrogens with one attached hydrogen (secondary N) is 3. The highest BCUT2D eigenvalue weighted by Gasteiger charge is 2.35. The molecule has 1 aliphatic carbocycles. The van der Waals surface area contributed by atoms with Crippen molar-refractivity contribution in [3.8, 4) is 0 Å². The number of aromatic nitrogens is 2. The van der Waals surface area contributed by atoms with E-state index >= 15 is 0 Å². The van der Waals surface area contributed by atoms with Gasteiger partial charge < -0.3 is 35.1 Å². The molecule has 3 rings (SSSR count). The van der Waals surface area contributed by atoms with E-state index in [4.69, 9.17) is 25.8 Å². The van der Waals surface area contributed by atoms with Crippen LogP contribution in [0.5, 0.6) is 0 Å². The Morgan fingerprint density at radius 3 is 2.26 bits per heavy atom. The number of unbranched alkanes of at least 4 members (excludes halogenated alkanes) is 3. The van der Waals surface area contributed by atoms with E-state index in [1.54, 1.807) is 0 Å². The third-order valence-electron chi connectivity index (χ3n) is 7.75. The first-order valence-corrected chi connectivity index (χ1v) is 15.4. The van der Waals surface area contributed by atoms with Crippen molar-refractivity contribution in [2.45, 2.75) is 82.8 Å². The molecule has 2 aliphatic rings. The molecule has 0 spiro atoms. The maximum absolute atomic E-state index is 12.8. The number of ether oxygens (including phenoxy) is 3. The summed E-state index contributed by atoms with van der Waals surface area (Å²) in [6, 6.07) is 0. The SMILES string of the molecule is O=C(NCCOCCOCCCCCCCl)C1CCC(C(=O)NCc2cn([C@H]3CC(O)[C@@H](CO)O3)c(=O)[nH]c2=O)CC1. The maximum Gasteiger partial charge on any atom is 0.330 e. The highest BCUT2D eigenvalue weighted by molar-refractivity contribution is 6.17. The van der Waals surface area contributed by atoms with Crippen LogP contribution in [0, 0.1) is 11.8 Å². The van der Waals surface area contributed by atoms with Gasteiger partial charge in [0.2, 0.25) is 11.8 Å². The Hall–Kier alpha value is -2.29. The molecule has 1 saturated heterocycles. The summed E-state index contributed by atoms with van der Waals surface area (Å²) in [5, 5.41) is 24.9. The number of aliphatic hydroxyl groups is 2. The van der Waals surface area contributed by atoms with Crippen molar-refractivity contribution < 1.29 is 34.0 Å². The number of alkyl halides is 1. The Morgan fingerprint density at radius 2 is 1.62 bits per heavy atom. The van der Waals surface area contributed by atoms with E-state index in [9.17, 15) is 29.4 Å². The second-order valence-corrected chi connectivity index (χ2v) is 11.2. The van der Waals surface area contributed by atoms with Crippen LogP contribution in [0.25, 0.3) is 0 Å². The van der Waals surface area contributed by atoms with Crippen LogP contribution in [0.15, 0.2) is 15.8 Å². The number of nitrogens with zero attached hydrogens (tertiary/aromatic N) is 1. The molecular formula is C28H45ClN4O9. The second kappa shape index (κ2) is 18.4. The van der Waals surface area contributed by atoms with Gasteiger partial charge in [0.25, 0.3) is 5.56 Å². The van der Waals surface area contributed by atoms with E-state index in [-0.39, 0.29) is 42.2 Å². The van der Waals surface area contributed by atoms with Gasteiger partial charge in [-0.1, -0.05) is 12.8 Å². The standard InChI is InChI=1S/C28H45ClN4O9/c29-9-3-1-2-4-11-40-13-14-41-12-10-30-25(36)19-5-7-20(8-6-19)26(37)31-16-21-17-33(28(39)32-27(21)38)24-15-22(35)23(18-34)42-24/h17,19-20,22-24,34-35H,1-16,18H2,(H,30,36)(H,31,37)(H,32,38,39)/t19?,20?,22?,23-,24-/m1/s1. The van der Waals surface area contributed by atoms with Gasteiger partial charge in [0.1, 0.15) is 12.3 Å². The average molecular weight is 617 g/mol. The predicted molar refractivity (Wildman–Crippen MR) is 154 cm³/mol. The molecule has 1 aliphatic heterocycles. The quantitative estimate of drug-likeness (QED) is 0.116. The number of rotatable bonds is 18. The molecule has 5 N–H and O–H groups in total. The summed E-state index contributed by atoms with van der Waals surface area (Å²) in [7, 11) is 0. The largest absolute Gasteiger partial charge is 0.394 e. The molecule has 2 fully saturated rings. The first-order valence-electron chi connectivity index (χ1n) is 14.9. The number of halogens is 1. The summed E-state index contributed by atoms with van der Waals surface area (Å²) in [6.45, 7) is 2.05. The van der Waals surface area contributed by atoms with Gasteiger partial charge in [-0.05, 0) is 38.5 Å². The summed E-state index contributed by atoms with van der Waals surface area (Å²) in [4.78, 5) is 52.1. The Labute approximate surface area is 250 Å². The van der Waals surface area contributed by atoms with Crippen molar-refractivity contribution in [3.63, 3.8) is 0 Å². The fourth-order valence-electron chi connectivity index (χ4n) is 5.23. The van der Waals surface area contributed by atoms with Crippen LogP contribution in [0.1, 0.15) is 69.6 Å². The minimum Gasteiger partial charge on any atom is -0.394 e. The minimum absolute atomic E-state index is 0.0397. The van der Waals surface area contributed by atoms with Crippen molar-refractivity contribution in [2.75, 3.05) is 45.5 Å². The monoisotopic (exact) mass is 616 g/mol. The molecule has 2 heterocycles. The third kappa shape index (κ3) is 10.8. The van der Waals surface area contributed by atoms with E-state index in [0.717, 1.165) is 30.3 Å². The van der Waals surface area contributed by atoms with Crippen LogP contribution in [0.2, 0.25) is 0 Å². The smallest absolute Gasteiger partial charge is 0.330 e. The summed E-state index contributed by atoms with van der Waals surface area (Å²) < 4.78 is 17.7. The third-order valence-corrected chi connectivity index (χ3v) is 8.01. The Bertz CT molecular complexity index is 1090. The fourth-order valence-corrected chi connectivity index (χ4v) is 5.42. The van der Waals surface area contributed by atoms with Gasteiger partial charge in [-0.15, -0.1) is 11.6 Å². The minimum atomic E-state index is -0.941. The Morgan fingerprint density at radius 1 is 0.976 bits per heavy atom. The zero-order chi connectivity index (χ0) is 30.3. The maximum atomic E-state index is 12.8. The number of hydrogen-bond acceptors (Lipinski definition) is 9. The van der Waals surface area contributed by atoms with E-state index in [0.29, 0.717) is 64.5 Å². The lowest BCUT2D eigenvalue weighted by Crippen LogP contribution is -2.39. The number of hydrogen-bond donors (Lipinski definition) is 5. The van der Waals surface area contributed by atoms with Gasteiger partial charge >= 0.3 is 5.69 Å². The summed E-state index contributed by atoms with van der Waals surface area (Å²) in [5.41, 5.74) is -1.17. The van der Waals surface area contributed by atoms with Gasteiger partial charge in [-0.3, -0.25) is 23.9 Å². The number of amides is 2. The van der Waals surface area contributed by atoms with Crippen LogP contribution >= 0.6 is 11.6 Å². The summed E-state index contributed by atoms with van der Waals surface area (Å²) in [6.07, 6.45) is 5.35. The highest BCUT2D eigenvalue weighted by Crippen LogP contribution is 2.29. The van der Waals surface area contributed by atoms with E-state index < -0.39 is 36.3 Å². The molecular weight excluding hydrogens is 572 g/mol. The fraction of sp³-hybridized carbons (Fsp3) is 0.786. The van der Waals surface area contributed by atoms with E-state index in [2.05, 4.69) is 15.6 Å². The number of aromatic amines is 1. The molecule has 238 valence electrons. The second-order valence-electron chi connectivity index (χ2n) is 10.8. The van der Waals surface area contributed by atoms with Crippen molar-refractivity contribution in [3.05, 3.63) is 32.6 Å². The molecule has 1 unspecified atom stereocenters. The molecule has 1 aromatic heterocycles. The molecule has 2 amide bonds. The highest BCUT2D eigenvalue weighted by atomic mass is 35.5. The molecule has 0 aromatic carbocycles. The van der Waals surface area contributed by atoms with E-state index in [1.165, 1.54) is 6.20 Å². The first-order chi connectivity index (χ1) is 20.3. The lowest BCUT2D eigenvalue weighted by Gasteiger charge is -2.27. The molecule has 1 aromatic rings. The zero-order valence-electron chi connectivity index (χ0n) is 24.1. The van der Waals surface area contributed by atoms with Gasteiger partial charge in [0.05, 0.1) is 38.1 Å². The molecule has 0 bridgehead atoms. The van der Waals surface area contributed by atoms with Crippen molar-refractivity contribution >= 4 is 23.4 Å². The lowest BCUT2D eigenvalue weighted by molar-refractivity contribution is -0.130. The van der Waals surface area contributed by atoms with Gasteiger partial charge in [-0.25, -0.2) is 4.79 Å². The molecule has 13 nitrogen and oxygen atoms in total. The normalized spacial score (nSPS) is 24.0. The first kappa shape index (κ1) is 34.2. The van der Waals surface area contributed by atoms with Gasteiger partial charge in [-0.2, -0.15) is 0 Å². The summed E-state index contributed by atoms with van der Waals surface area (Å²) >= 11 is 5.65. The number of aliphatic hydroxyl groups excluding tert-OH is 2. The van der Waals surface area contributed by atoms with Crippen LogP contribution < -0.4 is 21.9 Å². The number of H-pyrrole nitrogens is 1. The Kier molecular flexibility index (Phi) is 15.0. The lowest BCUT2D eigenvalue weighted by atomic mass is 9.81. The summed E-state index contributed by atoms with van der Waals surface area (Å²) in [5.74, 6) is 0.0101. The van der Waals surface area contributed by atoms with E-state index in [1.807, 2.05) is 0 Å². The molecule has 42 heavy (non-hydrogen) atoms. The molecule has 0 radical (unpaired) electrons. The number of carbonyl (C=O) groups excluding carboxylic acids is 2. The van der Waals surface area contributed by atoms with Crippen molar-refractivity contribution in [1.82, 2.24) is 20.2 Å². The predicted octanol–water partition coefficient (Wildman–Crippen LogP) is 0.549. The number of carbonyl (C=O) groups is 2. The van der Waals surface area contributed by atoms with Crippen molar-refractivity contribution in [1.29, 1.82) is 0 Å². The Balaban J connectivity index is 1.30. The van der Waals surface area contributed by atoms with Gasteiger partial charge in [0.15, 0.2) is 0 Å². The van der Waals surface area contributed by atoms with Crippen LogP contribution in [0.4, 0.5) is 0 Å². The van der Waals surface area contributed by atoms with Crippen LogP contribution in [-0.4, -0.2) is 89.2 Å². The molecule has 1 saturated carbocycles. The van der Waals surface area contributed by atoms with Crippen LogP contribution in [0.3, 0.4) is 0 Å². The average Bonchev–Trinajstić information content (AvgIpc) is 3.37. The molecule has 14 heteroatoms. The molecule has 3 atom stereocenters. The van der Waals surface area contributed by atoms with Gasteiger partial charge in [0, 0.05) is 50.0 Å².